The maximum atomic E-state index is 12.3. The molecule has 5 heteroatoms. The van der Waals surface area contributed by atoms with Gasteiger partial charge in [-0.3, -0.25) is 4.79 Å². The molecule has 0 unspecified atom stereocenters. The Morgan fingerprint density at radius 1 is 1.32 bits per heavy atom. The number of amides is 1. The first-order valence-corrected chi connectivity index (χ1v) is 7.42. The molecule has 0 aliphatic rings. The van der Waals surface area contributed by atoms with E-state index in [1.165, 1.54) is 0 Å². The fourth-order valence-electron chi connectivity index (χ4n) is 2.39. The van der Waals surface area contributed by atoms with Crippen LogP contribution in [0.5, 0.6) is 5.75 Å². The van der Waals surface area contributed by atoms with Crippen LogP contribution in [0.25, 0.3) is 0 Å². The van der Waals surface area contributed by atoms with Gasteiger partial charge in [-0.2, -0.15) is 0 Å². The molecule has 0 radical (unpaired) electrons. The lowest BCUT2D eigenvalue weighted by molar-refractivity contribution is -0.122. The third-order valence-corrected chi connectivity index (χ3v) is 3.70. The Hall–Kier alpha value is -2.30. The average Bonchev–Trinajstić information content (AvgIpc) is 2.90. The summed E-state index contributed by atoms with van der Waals surface area (Å²) in [5.41, 5.74) is 1.08. The normalized spacial score (nSPS) is 12.2. The Kier molecular flexibility index (Phi) is 5.20. The van der Waals surface area contributed by atoms with Crippen LogP contribution in [-0.2, 0) is 11.3 Å². The number of carbonyl (C=O) groups is 1. The number of carbonyl (C=O) groups excluding carboxylic acids is 1. The highest BCUT2D eigenvalue weighted by molar-refractivity contribution is 5.76. The van der Waals surface area contributed by atoms with E-state index in [1.807, 2.05) is 42.0 Å². The van der Waals surface area contributed by atoms with E-state index < -0.39 is 0 Å². The van der Waals surface area contributed by atoms with Gasteiger partial charge in [-0.25, -0.2) is 4.98 Å². The number of aryl methyl sites for hydroxylation is 1. The van der Waals surface area contributed by atoms with Crippen LogP contribution >= 0.6 is 0 Å². The summed E-state index contributed by atoms with van der Waals surface area (Å²) in [4.78, 5) is 16.4. The molecular weight excluding hydrogens is 278 g/mol. The van der Waals surface area contributed by atoms with Crippen molar-refractivity contribution >= 4 is 5.91 Å². The number of hydrogen-bond acceptors (Lipinski definition) is 3. The highest BCUT2D eigenvalue weighted by Gasteiger charge is 2.18. The van der Waals surface area contributed by atoms with E-state index in [0.29, 0.717) is 5.92 Å². The van der Waals surface area contributed by atoms with E-state index in [-0.39, 0.29) is 18.5 Å². The van der Waals surface area contributed by atoms with Gasteiger partial charge >= 0.3 is 0 Å². The number of benzene rings is 1. The van der Waals surface area contributed by atoms with Crippen LogP contribution in [0.1, 0.15) is 31.3 Å². The van der Waals surface area contributed by atoms with Gasteiger partial charge in [0.2, 0.25) is 5.91 Å². The molecule has 1 aromatic heterocycles. The van der Waals surface area contributed by atoms with Crippen molar-refractivity contribution in [2.75, 3.05) is 7.11 Å². The minimum Gasteiger partial charge on any atom is -0.497 e. The van der Waals surface area contributed by atoms with Gasteiger partial charge in [0.1, 0.15) is 18.1 Å². The van der Waals surface area contributed by atoms with Gasteiger partial charge in [-0.15, -0.1) is 0 Å². The molecule has 0 aliphatic carbocycles. The molecule has 0 saturated heterocycles. The highest BCUT2D eigenvalue weighted by atomic mass is 16.5. The molecule has 1 heterocycles. The molecule has 22 heavy (non-hydrogen) atoms. The lowest BCUT2D eigenvalue weighted by Gasteiger charge is -2.23. The standard InChI is InChI=1S/C17H23N3O2/c1-12(2)17(14-5-7-15(22-4)8-6-14)19-16(21)11-20-10-9-18-13(20)3/h5-10,12,17H,11H2,1-4H3,(H,19,21)/t17-/m1/s1. The van der Waals surface area contributed by atoms with E-state index >= 15 is 0 Å². The fourth-order valence-corrected chi connectivity index (χ4v) is 2.39. The molecule has 2 rings (SSSR count). The maximum absolute atomic E-state index is 12.3. The van der Waals surface area contributed by atoms with E-state index in [9.17, 15) is 4.79 Å². The Morgan fingerprint density at radius 3 is 2.50 bits per heavy atom. The fraction of sp³-hybridized carbons (Fsp3) is 0.412. The van der Waals surface area contributed by atoms with Gasteiger partial charge in [0.15, 0.2) is 0 Å². The van der Waals surface area contributed by atoms with Crippen molar-refractivity contribution in [3.8, 4) is 5.75 Å². The van der Waals surface area contributed by atoms with Crippen LogP contribution in [0.3, 0.4) is 0 Å². The maximum Gasteiger partial charge on any atom is 0.240 e. The third-order valence-electron chi connectivity index (χ3n) is 3.70. The van der Waals surface area contributed by atoms with Crippen LogP contribution in [0.4, 0.5) is 0 Å². The second-order valence-corrected chi connectivity index (χ2v) is 5.66. The minimum atomic E-state index is -0.0257. The Morgan fingerprint density at radius 2 is 2.00 bits per heavy atom. The molecule has 0 fully saturated rings. The number of nitrogens with one attached hydrogen (secondary N) is 1. The molecule has 5 nitrogen and oxygen atoms in total. The molecular formula is C17H23N3O2. The lowest BCUT2D eigenvalue weighted by atomic mass is 9.96. The first-order chi connectivity index (χ1) is 10.5. The number of imidazole rings is 1. The van der Waals surface area contributed by atoms with E-state index in [1.54, 1.807) is 13.3 Å². The summed E-state index contributed by atoms with van der Waals surface area (Å²) < 4.78 is 7.01. The van der Waals surface area contributed by atoms with Crippen molar-refractivity contribution in [1.82, 2.24) is 14.9 Å². The van der Waals surface area contributed by atoms with Crippen molar-refractivity contribution in [2.24, 2.45) is 5.92 Å². The molecule has 1 N–H and O–H groups in total. The zero-order valence-electron chi connectivity index (χ0n) is 13.5. The summed E-state index contributed by atoms with van der Waals surface area (Å²) in [6, 6.07) is 7.79. The van der Waals surface area contributed by atoms with Gasteiger partial charge in [-0.1, -0.05) is 26.0 Å². The predicted molar refractivity (Wildman–Crippen MR) is 85.7 cm³/mol. The average molecular weight is 301 g/mol. The first kappa shape index (κ1) is 16.1. The predicted octanol–water partition coefficient (Wildman–Crippen LogP) is 2.71. The topological polar surface area (TPSA) is 56.1 Å². The van der Waals surface area contributed by atoms with E-state index in [0.717, 1.165) is 17.1 Å². The zero-order chi connectivity index (χ0) is 16.1. The minimum absolute atomic E-state index is 0.0179. The Labute approximate surface area is 131 Å². The number of methoxy groups -OCH3 is 1. The molecule has 0 bridgehead atoms. The number of nitrogens with zero attached hydrogens (tertiary/aromatic N) is 2. The molecule has 1 atom stereocenters. The van der Waals surface area contributed by atoms with E-state index in [4.69, 9.17) is 4.74 Å². The first-order valence-electron chi connectivity index (χ1n) is 7.42. The monoisotopic (exact) mass is 301 g/mol. The van der Waals surface area contributed by atoms with Gasteiger partial charge < -0.3 is 14.6 Å². The summed E-state index contributed by atoms with van der Waals surface area (Å²) in [6.45, 7) is 6.36. The number of hydrogen-bond donors (Lipinski definition) is 1. The molecule has 1 amide bonds. The van der Waals surface area contributed by atoms with Crippen molar-refractivity contribution in [1.29, 1.82) is 0 Å². The molecule has 1 aromatic carbocycles. The molecule has 0 spiro atoms. The third kappa shape index (κ3) is 3.87. The molecule has 0 aliphatic heterocycles. The highest BCUT2D eigenvalue weighted by Crippen LogP contribution is 2.23. The molecule has 0 saturated carbocycles. The van der Waals surface area contributed by atoms with Crippen LogP contribution in [-0.4, -0.2) is 22.6 Å². The quantitative estimate of drug-likeness (QED) is 0.892. The van der Waals surface area contributed by atoms with Crippen molar-refractivity contribution in [2.45, 2.75) is 33.4 Å². The largest absolute Gasteiger partial charge is 0.497 e. The smallest absolute Gasteiger partial charge is 0.240 e. The lowest BCUT2D eigenvalue weighted by Crippen LogP contribution is -2.34. The van der Waals surface area contributed by atoms with Gasteiger partial charge in [0.05, 0.1) is 13.2 Å². The van der Waals surface area contributed by atoms with Crippen LogP contribution < -0.4 is 10.1 Å². The molecule has 2 aromatic rings. The Balaban J connectivity index is 2.07. The summed E-state index contributed by atoms with van der Waals surface area (Å²) in [7, 11) is 1.64. The summed E-state index contributed by atoms with van der Waals surface area (Å²) in [5, 5.41) is 3.11. The number of rotatable bonds is 6. The Bertz CT molecular complexity index is 617. The van der Waals surface area contributed by atoms with Crippen LogP contribution in [0.15, 0.2) is 36.7 Å². The van der Waals surface area contributed by atoms with Gasteiger partial charge in [-0.05, 0) is 30.5 Å². The number of ether oxygens (including phenoxy) is 1. The number of aromatic nitrogens is 2. The molecule has 118 valence electrons. The van der Waals surface area contributed by atoms with Crippen molar-refractivity contribution < 1.29 is 9.53 Å². The van der Waals surface area contributed by atoms with Gasteiger partial charge in [0, 0.05) is 12.4 Å². The second kappa shape index (κ2) is 7.11. The summed E-state index contributed by atoms with van der Waals surface area (Å²) >= 11 is 0. The zero-order valence-corrected chi connectivity index (χ0v) is 13.5. The summed E-state index contributed by atoms with van der Waals surface area (Å²) in [6.07, 6.45) is 3.51. The second-order valence-electron chi connectivity index (χ2n) is 5.66. The van der Waals surface area contributed by atoms with E-state index in [2.05, 4.69) is 24.1 Å². The van der Waals surface area contributed by atoms with Crippen LogP contribution in [0.2, 0.25) is 0 Å². The van der Waals surface area contributed by atoms with Crippen LogP contribution in [0, 0.1) is 12.8 Å². The SMILES string of the molecule is COc1ccc([C@H](NC(=O)Cn2ccnc2C)C(C)C)cc1. The summed E-state index contributed by atoms with van der Waals surface area (Å²) in [5.74, 6) is 1.92. The van der Waals surface area contributed by atoms with Crippen molar-refractivity contribution in [3.05, 3.63) is 48.0 Å². The van der Waals surface area contributed by atoms with Gasteiger partial charge in [0.25, 0.3) is 0 Å². The van der Waals surface area contributed by atoms with Crippen molar-refractivity contribution in [3.63, 3.8) is 0 Å².